The van der Waals surface area contributed by atoms with Gasteiger partial charge in [-0.3, -0.25) is 0 Å². The highest BCUT2D eigenvalue weighted by atomic mass is 16.5. The molecule has 13 heavy (non-hydrogen) atoms. The lowest BCUT2D eigenvalue weighted by atomic mass is 10.0. The molecule has 0 aromatic rings. The first-order valence-electron chi connectivity index (χ1n) is 5.21. The van der Waals surface area contributed by atoms with E-state index in [1.54, 1.807) is 0 Å². The highest BCUT2D eigenvalue weighted by Crippen LogP contribution is 2.17. The topological polar surface area (TPSA) is 30.5 Å². The van der Waals surface area contributed by atoms with Crippen molar-refractivity contribution in [3.63, 3.8) is 0 Å². The summed E-state index contributed by atoms with van der Waals surface area (Å²) in [6, 6.07) is 1.09. The third kappa shape index (κ3) is 2.22. The number of hydrogen-bond donors (Lipinski definition) is 1. The molecule has 2 heterocycles. The molecule has 2 aliphatic rings. The van der Waals surface area contributed by atoms with Gasteiger partial charge in [0.2, 0.25) is 0 Å². The van der Waals surface area contributed by atoms with Gasteiger partial charge in [-0.25, -0.2) is 0 Å². The molecule has 1 N–H and O–H groups in total. The lowest BCUT2D eigenvalue weighted by Crippen LogP contribution is -2.42. The second-order valence-electron chi connectivity index (χ2n) is 4.36. The van der Waals surface area contributed by atoms with Crippen molar-refractivity contribution in [3.8, 4) is 0 Å². The van der Waals surface area contributed by atoms with Gasteiger partial charge in [-0.05, 0) is 19.3 Å². The van der Waals surface area contributed by atoms with Crippen LogP contribution in [0, 0.1) is 5.92 Å². The first-order chi connectivity index (χ1) is 6.25. The van der Waals surface area contributed by atoms with Crippen LogP contribution in [-0.4, -0.2) is 38.0 Å². The Hall–Kier alpha value is -0.120. The van der Waals surface area contributed by atoms with E-state index >= 15 is 0 Å². The van der Waals surface area contributed by atoms with Crippen molar-refractivity contribution < 1.29 is 9.47 Å². The van der Waals surface area contributed by atoms with Crippen LogP contribution in [0.3, 0.4) is 0 Å². The summed E-state index contributed by atoms with van der Waals surface area (Å²) in [5.74, 6) is 0.649. The van der Waals surface area contributed by atoms with E-state index in [1.165, 1.54) is 0 Å². The summed E-state index contributed by atoms with van der Waals surface area (Å²) in [6.45, 7) is 7.01. The molecule has 0 amide bonds. The summed E-state index contributed by atoms with van der Waals surface area (Å²) in [6.07, 6.45) is 1.57. The maximum atomic E-state index is 5.51. The van der Waals surface area contributed by atoms with Crippen molar-refractivity contribution >= 4 is 0 Å². The van der Waals surface area contributed by atoms with Crippen molar-refractivity contribution in [1.29, 1.82) is 0 Å². The van der Waals surface area contributed by atoms with Gasteiger partial charge in [0.1, 0.15) is 0 Å². The molecule has 2 aliphatic heterocycles. The first kappa shape index (κ1) is 9.44. The number of nitrogens with one attached hydrogen (secondary N) is 1. The average Bonchev–Trinajstić information content (AvgIpc) is 2.64. The molecule has 4 unspecified atom stereocenters. The monoisotopic (exact) mass is 185 g/mol. The predicted octanol–water partition coefficient (Wildman–Crippen LogP) is 0.788. The molecule has 0 saturated carbocycles. The Labute approximate surface area is 79.8 Å². The van der Waals surface area contributed by atoms with Crippen molar-refractivity contribution in [2.75, 3.05) is 19.8 Å². The molecule has 3 nitrogen and oxygen atoms in total. The fraction of sp³-hybridized carbons (Fsp3) is 1.00. The molecule has 0 aliphatic carbocycles. The van der Waals surface area contributed by atoms with E-state index < -0.39 is 0 Å². The average molecular weight is 185 g/mol. The number of rotatable bonds is 2. The molecule has 0 bridgehead atoms. The molecule has 0 aromatic carbocycles. The SMILES string of the molecule is CC1CC(NC2COCC2C)CO1. The summed E-state index contributed by atoms with van der Waals surface area (Å²) < 4.78 is 10.9. The molecule has 0 aromatic heterocycles. The Morgan fingerprint density at radius 1 is 1.15 bits per heavy atom. The largest absolute Gasteiger partial charge is 0.379 e. The standard InChI is InChI=1S/C10H19NO2/c1-7-4-12-6-10(7)11-9-3-8(2)13-5-9/h7-11H,3-6H2,1-2H3. The zero-order valence-corrected chi connectivity index (χ0v) is 8.45. The van der Waals surface area contributed by atoms with E-state index in [1.807, 2.05) is 0 Å². The Morgan fingerprint density at radius 2 is 2.00 bits per heavy atom. The molecular weight excluding hydrogens is 166 g/mol. The Balaban J connectivity index is 1.77. The van der Waals surface area contributed by atoms with E-state index in [4.69, 9.17) is 9.47 Å². The minimum absolute atomic E-state index is 0.426. The maximum absolute atomic E-state index is 5.51. The number of hydrogen-bond acceptors (Lipinski definition) is 3. The lowest BCUT2D eigenvalue weighted by molar-refractivity contribution is 0.121. The Morgan fingerprint density at radius 3 is 2.54 bits per heavy atom. The molecule has 2 rings (SSSR count). The van der Waals surface area contributed by atoms with Crippen molar-refractivity contribution in [3.05, 3.63) is 0 Å². The van der Waals surface area contributed by atoms with Crippen LogP contribution < -0.4 is 5.32 Å². The van der Waals surface area contributed by atoms with Gasteiger partial charge in [0, 0.05) is 12.1 Å². The summed E-state index contributed by atoms with van der Waals surface area (Å²) in [5, 5.41) is 3.61. The zero-order chi connectivity index (χ0) is 9.26. The minimum Gasteiger partial charge on any atom is -0.379 e. The summed E-state index contributed by atoms with van der Waals surface area (Å²) in [5.41, 5.74) is 0. The van der Waals surface area contributed by atoms with Crippen LogP contribution in [0.1, 0.15) is 20.3 Å². The summed E-state index contributed by atoms with van der Waals surface area (Å²) >= 11 is 0. The maximum Gasteiger partial charge on any atom is 0.0624 e. The van der Waals surface area contributed by atoms with E-state index in [0.717, 1.165) is 26.2 Å². The van der Waals surface area contributed by atoms with Gasteiger partial charge in [-0.15, -0.1) is 0 Å². The van der Waals surface area contributed by atoms with Crippen LogP contribution >= 0.6 is 0 Å². The van der Waals surface area contributed by atoms with Gasteiger partial charge in [0.05, 0.1) is 25.9 Å². The van der Waals surface area contributed by atoms with Gasteiger partial charge in [-0.1, -0.05) is 6.92 Å². The fourth-order valence-electron chi connectivity index (χ4n) is 2.11. The molecule has 76 valence electrons. The zero-order valence-electron chi connectivity index (χ0n) is 8.45. The van der Waals surface area contributed by atoms with E-state index in [9.17, 15) is 0 Å². The van der Waals surface area contributed by atoms with Crippen LogP contribution in [0.4, 0.5) is 0 Å². The summed E-state index contributed by atoms with van der Waals surface area (Å²) in [4.78, 5) is 0. The second-order valence-corrected chi connectivity index (χ2v) is 4.36. The van der Waals surface area contributed by atoms with Crippen LogP contribution in [0.25, 0.3) is 0 Å². The van der Waals surface area contributed by atoms with Gasteiger partial charge < -0.3 is 14.8 Å². The van der Waals surface area contributed by atoms with Crippen LogP contribution in [0.5, 0.6) is 0 Å². The van der Waals surface area contributed by atoms with Gasteiger partial charge >= 0.3 is 0 Å². The molecule has 3 heteroatoms. The number of ether oxygens (including phenoxy) is 2. The van der Waals surface area contributed by atoms with Crippen LogP contribution in [0.2, 0.25) is 0 Å². The summed E-state index contributed by atoms with van der Waals surface area (Å²) in [7, 11) is 0. The molecule has 4 atom stereocenters. The third-order valence-corrected chi connectivity index (χ3v) is 3.01. The van der Waals surface area contributed by atoms with E-state index in [0.29, 0.717) is 24.1 Å². The Kier molecular flexibility index (Phi) is 2.86. The second kappa shape index (κ2) is 3.95. The van der Waals surface area contributed by atoms with Crippen molar-refractivity contribution in [1.82, 2.24) is 5.32 Å². The predicted molar refractivity (Wildman–Crippen MR) is 50.7 cm³/mol. The van der Waals surface area contributed by atoms with E-state index in [-0.39, 0.29) is 0 Å². The quantitative estimate of drug-likeness (QED) is 0.690. The third-order valence-electron chi connectivity index (χ3n) is 3.01. The first-order valence-corrected chi connectivity index (χ1v) is 5.21. The molecular formula is C10H19NO2. The fourth-order valence-corrected chi connectivity index (χ4v) is 2.11. The molecule has 0 spiro atoms. The van der Waals surface area contributed by atoms with Crippen LogP contribution in [-0.2, 0) is 9.47 Å². The normalized spacial score (nSPS) is 45.7. The van der Waals surface area contributed by atoms with Crippen molar-refractivity contribution in [2.45, 2.75) is 38.5 Å². The van der Waals surface area contributed by atoms with E-state index in [2.05, 4.69) is 19.2 Å². The highest BCUT2D eigenvalue weighted by molar-refractivity contribution is 4.85. The smallest absolute Gasteiger partial charge is 0.0624 e. The highest BCUT2D eigenvalue weighted by Gasteiger charge is 2.29. The van der Waals surface area contributed by atoms with Gasteiger partial charge in [0.25, 0.3) is 0 Å². The minimum atomic E-state index is 0.426. The molecule has 2 fully saturated rings. The Bertz CT molecular complexity index is 174. The van der Waals surface area contributed by atoms with Crippen LogP contribution in [0.15, 0.2) is 0 Å². The molecule has 2 saturated heterocycles. The lowest BCUT2D eigenvalue weighted by Gasteiger charge is -2.19. The van der Waals surface area contributed by atoms with Gasteiger partial charge in [-0.2, -0.15) is 0 Å². The molecule has 0 radical (unpaired) electrons. The van der Waals surface area contributed by atoms with Crippen molar-refractivity contribution in [2.24, 2.45) is 5.92 Å². The van der Waals surface area contributed by atoms with Gasteiger partial charge in [0.15, 0.2) is 0 Å².